The van der Waals surface area contributed by atoms with Gasteiger partial charge in [-0.05, 0) is 18.2 Å². The fourth-order valence-electron chi connectivity index (χ4n) is 2.14. The van der Waals surface area contributed by atoms with Crippen LogP contribution in [0.5, 0.6) is 0 Å². The van der Waals surface area contributed by atoms with E-state index in [9.17, 15) is 9.59 Å². The van der Waals surface area contributed by atoms with E-state index in [0.717, 1.165) is 5.69 Å². The Morgan fingerprint density at radius 2 is 2.33 bits per heavy atom. The predicted octanol–water partition coefficient (Wildman–Crippen LogP) is 0.586. The molecule has 2 unspecified atom stereocenters. The van der Waals surface area contributed by atoms with Gasteiger partial charge in [-0.15, -0.1) is 0 Å². The maximum atomic E-state index is 11.8. The largest absolute Gasteiger partial charge is 0.365 e. The van der Waals surface area contributed by atoms with Gasteiger partial charge in [-0.1, -0.05) is 17.8 Å². The number of aromatic nitrogens is 1. The average Bonchev–Trinajstić information content (AvgIpc) is 2.98. The van der Waals surface area contributed by atoms with Gasteiger partial charge in [0.2, 0.25) is 5.91 Å². The number of carbonyl (C=O) groups excluding carboxylic acids is 2. The molecule has 1 saturated heterocycles. The summed E-state index contributed by atoms with van der Waals surface area (Å²) in [5.41, 5.74) is 6.78. The standard InChI is InChI=1S/C12H11N3O2S/c13-10(16)9-5-8-7(4-6-2-1-3-14-6)11(17)15-12(8)18-9/h1-5,8,12,14H,(H2,13,16)(H,15,17). The maximum Gasteiger partial charge on any atom is 0.254 e. The number of nitrogens with two attached hydrogens (primary N) is 1. The van der Waals surface area contributed by atoms with E-state index in [1.165, 1.54) is 11.8 Å². The number of primary amides is 1. The van der Waals surface area contributed by atoms with Crippen molar-refractivity contribution < 1.29 is 9.59 Å². The van der Waals surface area contributed by atoms with Gasteiger partial charge in [-0.2, -0.15) is 0 Å². The van der Waals surface area contributed by atoms with E-state index in [2.05, 4.69) is 10.3 Å². The minimum atomic E-state index is -0.442. The van der Waals surface area contributed by atoms with Crippen molar-refractivity contribution in [1.29, 1.82) is 0 Å². The Kier molecular flexibility index (Phi) is 2.52. The van der Waals surface area contributed by atoms with Crippen molar-refractivity contribution in [3.8, 4) is 0 Å². The summed E-state index contributed by atoms with van der Waals surface area (Å²) >= 11 is 1.31. The summed E-state index contributed by atoms with van der Waals surface area (Å²) in [6.07, 6.45) is 5.37. The van der Waals surface area contributed by atoms with E-state index >= 15 is 0 Å². The number of aromatic amines is 1. The summed E-state index contributed by atoms with van der Waals surface area (Å²) in [6.45, 7) is 0. The molecule has 1 aromatic heterocycles. The number of H-pyrrole nitrogens is 1. The molecule has 2 aliphatic rings. The Morgan fingerprint density at radius 3 is 3.00 bits per heavy atom. The Labute approximate surface area is 108 Å². The van der Waals surface area contributed by atoms with Crippen LogP contribution in [0.1, 0.15) is 5.69 Å². The molecule has 2 amide bonds. The van der Waals surface area contributed by atoms with Gasteiger partial charge in [0.25, 0.3) is 5.91 Å². The second-order valence-electron chi connectivity index (χ2n) is 4.16. The summed E-state index contributed by atoms with van der Waals surface area (Å²) in [5.74, 6) is -0.622. The quantitative estimate of drug-likeness (QED) is 0.681. The number of nitrogens with one attached hydrogen (secondary N) is 2. The topological polar surface area (TPSA) is 88.0 Å². The molecule has 4 N–H and O–H groups in total. The van der Waals surface area contributed by atoms with E-state index in [0.29, 0.717) is 10.5 Å². The minimum absolute atomic E-state index is 0.0895. The average molecular weight is 261 g/mol. The van der Waals surface area contributed by atoms with Crippen molar-refractivity contribution in [2.75, 3.05) is 0 Å². The molecule has 2 atom stereocenters. The molecule has 92 valence electrons. The minimum Gasteiger partial charge on any atom is -0.365 e. The molecular formula is C12H11N3O2S. The highest BCUT2D eigenvalue weighted by Crippen LogP contribution is 2.42. The second-order valence-corrected chi connectivity index (χ2v) is 5.34. The van der Waals surface area contributed by atoms with E-state index in [1.54, 1.807) is 18.3 Å². The summed E-state index contributed by atoms with van der Waals surface area (Å²) in [6, 6.07) is 3.75. The van der Waals surface area contributed by atoms with Gasteiger partial charge >= 0.3 is 0 Å². The summed E-state index contributed by atoms with van der Waals surface area (Å²) in [7, 11) is 0. The van der Waals surface area contributed by atoms with Crippen LogP contribution in [0.2, 0.25) is 0 Å². The molecule has 3 heterocycles. The third-order valence-corrected chi connectivity index (χ3v) is 4.24. The van der Waals surface area contributed by atoms with Crippen LogP contribution in [0.25, 0.3) is 6.08 Å². The number of fused-ring (bicyclic) bond motifs is 1. The van der Waals surface area contributed by atoms with Crippen LogP contribution in [0, 0.1) is 5.92 Å². The molecule has 18 heavy (non-hydrogen) atoms. The zero-order valence-corrected chi connectivity index (χ0v) is 10.2. The van der Waals surface area contributed by atoms with Crippen molar-refractivity contribution in [2.24, 2.45) is 11.7 Å². The van der Waals surface area contributed by atoms with Gasteiger partial charge in [0.05, 0.1) is 10.3 Å². The van der Waals surface area contributed by atoms with E-state index in [-0.39, 0.29) is 17.2 Å². The summed E-state index contributed by atoms with van der Waals surface area (Å²) in [4.78, 5) is 26.5. The molecule has 5 nitrogen and oxygen atoms in total. The lowest BCUT2D eigenvalue weighted by Gasteiger charge is -2.05. The van der Waals surface area contributed by atoms with Crippen molar-refractivity contribution in [3.63, 3.8) is 0 Å². The molecule has 1 fully saturated rings. The highest BCUT2D eigenvalue weighted by Gasteiger charge is 2.42. The molecule has 1 aromatic rings. The number of hydrogen-bond donors (Lipinski definition) is 3. The molecular weight excluding hydrogens is 250 g/mol. The second kappa shape index (κ2) is 4.06. The van der Waals surface area contributed by atoms with Crippen molar-refractivity contribution in [3.05, 3.63) is 40.6 Å². The lowest BCUT2D eigenvalue weighted by atomic mass is 10.0. The summed E-state index contributed by atoms with van der Waals surface area (Å²) < 4.78 is 0. The first-order valence-electron chi connectivity index (χ1n) is 5.49. The van der Waals surface area contributed by atoms with Crippen LogP contribution in [0.4, 0.5) is 0 Å². The molecule has 6 heteroatoms. The Hall–Kier alpha value is -1.95. The number of thioether (sulfide) groups is 1. The molecule has 0 aromatic carbocycles. The van der Waals surface area contributed by atoms with Crippen LogP contribution in [0.15, 0.2) is 34.9 Å². The molecule has 3 rings (SSSR count). The molecule has 0 radical (unpaired) electrons. The van der Waals surface area contributed by atoms with Crippen molar-refractivity contribution >= 4 is 29.7 Å². The van der Waals surface area contributed by atoms with Crippen LogP contribution in [-0.4, -0.2) is 22.2 Å². The van der Waals surface area contributed by atoms with Crippen molar-refractivity contribution in [1.82, 2.24) is 10.3 Å². The summed E-state index contributed by atoms with van der Waals surface area (Å²) in [5, 5.41) is 2.74. The molecule has 0 aliphatic carbocycles. The third-order valence-electron chi connectivity index (χ3n) is 2.98. The molecule has 0 spiro atoms. The highest BCUT2D eigenvalue weighted by atomic mass is 32.2. The molecule has 0 bridgehead atoms. The Bertz CT molecular complexity index is 574. The first kappa shape index (κ1) is 11.2. The van der Waals surface area contributed by atoms with Gasteiger partial charge in [-0.3, -0.25) is 9.59 Å². The first-order valence-corrected chi connectivity index (χ1v) is 6.37. The lowest BCUT2D eigenvalue weighted by molar-refractivity contribution is -0.116. The first-order chi connectivity index (χ1) is 8.65. The van der Waals surface area contributed by atoms with Crippen LogP contribution >= 0.6 is 11.8 Å². The predicted molar refractivity (Wildman–Crippen MR) is 69.1 cm³/mol. The monoisotopic (exact) mass is 261 g/mol. The fourth-order valence-corrected chi connectivity index (χ4v) is 3.29. The molecule has 0 saturated carbocycles. The molecule has 2 aliphatic heterocycles. The number of rotatable bonds is 2. The lowest BCUT2D eigenvalue weighted by Crippen LogP contribution is -2.23. The Morgan fingerprint density at radius 1 is 1.50 bits per heavy atom. The zero-order valence-electron chi connectivity index (χ0n) is 9.34. The number of amides is 2. The third kappa shape index (κ3) is 1.74. The van der Waals surface area contributed by atoms with Crippen LogP contribution in [0.3, 0.4) is 0 Å². The number of hydrogen-bond acceptors (Lipinski definition) is 3. The van der Waals surface area contributed by atoms with Gasteiger partial charge in [0, 0.05) is 23.4 Å². The van der Waals surface area contributed by atoms with Crippen molar-refractivity contribution in [2.45, 2.75) is 5.37 Å². The normalized spacial score (nSPS) is 28.1. The van der Waals surface area contributed by atoms with Crippen LogP contribution < -0.4 is 11.1 Å². The Balaban J connectivity index is 1.95. The van der Waals surface area contributed by atoms with Gasteiger partial charge in [0.15, 0.2) is 0 Å². The smallest absolute Gasteiger partial charge is 0.254 e. The van der Waals surface area contributed by atoms with E-state index in [4.69, 9.17) is 5.73 Å². The highest BCUT2D eigenvalue weighted by molar-refractivity contribution is 8.04. The van der Waals surface area contributed by atoms with Gasteiger partial charge in [0.1, 0.15) is 0 Å². The maximum absolute atomic E-state index is 11.8. The zero-order chi connectivity index (χ0) is 12.7. The number of carbonyl (C=O) groups is 2. The van der Waals surface area contributed by atoms with Crippen LogP contribution in [-0.2, 0) is 9.59 Å². The van der Waals surface area contributed by atoms with Gasteiger partial charge < -0.3 is 16.0 Å². The SMILES string of the molecule is NC(=O)C1=CC2C(=Cc3ccc[nH]3)C(=O)NC2S1. The van der Waals surface area contributed by atoms with Gasteiger partial charge in [-0.25, -0.2) is 0 Å². The van der Waals surface area contributed by atoms with E-state index < -0.39 is 5.91 Å². The van der Waals surface area contributed by atoms with E-state index in [1.807, 2.05) is 12.1 Å². The fraction of sp³-hybridized carbons (Fsp3) is 0.167.